The molecule has 0 bridgehead atoms. The van der Waals surface area contributed by atoms with Gasteiger partial charge in [0.05, 0.1) is 18.8 Å². The van der Waals surface area contributed by atoms with Crippen LogP contribution in [0.15, 0.2) is 30.3 Å². The van der Waals surface area contributed by atoms with E-state index >= 15 is 0 Å². The predicted molar refractivity (Wildman–Crippen MR) is 106 cm³/mol. The minimum absolute atomic E-state index is 0.0361. The van der Waals surface area contributed by atoms with Crippen molar-refractivity contribution in [2.75, 3.05) is 19.3 Å². The number of nitrogens with zero attached hydrogens (tertiary/aromatic N) is 1. The number of carbonyl (C=O) groups is 2. The van der Waals surface area contributed by atoms with E-state index in [1.54, 1.807) is 20.8 Å². The van der Waals surface area contributed by atoms with Gasteiger partial charge in [-0.1, -0.05) is 30.3 Å². The van der Waals surface area contributed by atoms with E-state index in [1.807, 2.05) is 30.3 Å². The van der Waals surface area contributed by atoms with Crippen molar-refractivity contribution in [1.82, 2.24) is 10.2 Å². The molecule has 0 unspecified atom stereocenters. The zero-order chi connectivity index (χ0) is 21.7. The fraction of sp³-hybridized carbons (Fsp3) is 0.579. The summed E-state index contributed by atoms with van der Waals surface area (Å²) < 4.78 is 38.9. The van der Waals surface area contributed by atoms with Crippen LogP contribution in [0.3, 0.4) is 0 Å². The van der Waals surface area contributed by atoms with Crippen LogP contribution in [0, 0.1) is 0 Å². The van der Waals surface area contributed by atoms with Gasteiger partial charge in [0.1, 0.15) is 18.3 Å². The molecule has 1 aromatic rings. The Kier molecular flexibility index (Phi) is 7.48. The molecule has 0 saturated carbocycles. The molecule has 2 rings (SSSR count). The van der Waals surface area contributed by atoms with E-state index in [-0.39, 0.29) is 19.7 Å². The molecule has 1 aliphatic heterocycles. The lowest BCUT2D eigenvalue weighted by Gasteiger charge is -2.38. The van der Waals surface area contributed by atoms with E-state index in [1.165, 1.54) is 4.90 Å². The fourth-order valence-electron chi connectivity index (χ4n) is 2.81. The van der Waals surface area contributed by atoms with Crippen molar-refractivity contribution in [1.29, 1.82) is 0 Å². The quantitative estimate of drug-likeness (QED) is 0.716. The molecule has 1 saturated heterocycles. The minimum Gasteiger partial charge on any atom is -0.445 e. The van der Waals surface area contributed by atoms with Crippen LogP contribution in [-0.4, -0.2) is 62.6 Å². The number of hydrogen-bond acceptors (Lipinski definition) is 7. The molecule has 0 aliphatic carbocycles. The molecule has 9 nitrogen and oxygen atoms in total. The average Bonchev–Trinajstić information content (AvgIpc) is 2.59. The number of carbonyl (C=O) groups excluding carboxylic acids is 2. The van der Waals surface area contributed by atoms with Gasteiger partial charge in [0.25, 0.3) is 10.1 Å². The Morgan fingerprint density at radius 1 is 1.21 bits per heavy atom. The van der Waals surface area contributed by atoms with Gasteiger partial charge in [0.2, 0.25) is 0 Å². The number of benzene rings is 1. The minimum atomic E-state index is -3.80. The molecular formula is C19H28N2O7S. The predicted octanol–water partition coefficient (Wildman–Crippen LogP) is 2.27. The Morgan fingerprint density at radius 2 is 1.86 bits per heavy atom. The van der Waals surface area contributed by atoms with Crippen LogP contribution in [0.5, 0.6) is 0 Å². The molecule has 10 heteroatoms. The summed E-state index contributed by atoms with van der Waals surface area (Å²) in [5.74, 6) is 0. The largest absolute Gasteiger partial charge is 0.445 e. The number of hydrogen-bond donors (Lipinski definition) is 1. The van der Waals surface area contributed by atoms with Gasteiger partial charge in [-0.3, -0.25) is 4.18 Å². The molecule has 29 heavy (non-hydrogen) atoms. The van der Waals surface area contributed by atoms with Crippen LogP contribution >= 0.6 is 0 Å². The van der Waals surface area contributed by atoms with Crippen molar-refractivity contribution in [3.05, 3.63) is 35.9 Å². The molecule has 0 spiro atoms. The van der Waals surface area contributed by atoms with Crippen LogP contribution in [0.2, 0.25) is 0 Å². The van der Waals surface area contributed by atoms with Crippen molar-refractivity contribution in [3.8, 4) is 0 Å². The van der Waals surface area contributed by atoms with Gasteiger partial charge in [0, 0.05) is 6.54 Å². The fourth-order valence-corrected chi connectivity index (χ4v) is 3.46. The number of likely N-dealkylation sites (tertiary alicyclic amines) is 1. The summed E-state index contributed by atoms with van der Waals surface area (Å²) in [4.78, 5) is 25.8. The monoisotopic (exact) mass is 428 g/mol. The van der Waals surface area contributed by atoms with Crippen molar-refractivity contribution in [2.45, 2.75) is 51.5 Å². The maximum absolute atomic E-state index is 12.3. The van der Waals surface area contributed by atoms with Crippen molar-refractivity contribution < 1.29 is 31.7 Å². The SMILES string of the molecule is CC(C)(C)OC(=O)N1CC[C@H](NC(=O)OCc2ccccc2)[C@@H](OS(C)(=O)=O)C1. The molecule has 1 aliphatic rings. The van der Waals surface area contributed by atoms with Crippen molar-refractivity contribution >= 4 is 22.3 Å². The average molecular weight is 429 g/mol. The van der Waals surface area contributed by atoms with E-state index < -0.39 is 40.1 Å². The molecule has 0 radical (unpaired) electrons. The lowest BCUT2D eigenvalue weighted by atomic mass is 10.0. The second-order valence-corrected chi connectivity index (χ2v) is 9.47. The van der Waals surface area contributed by atoms with E-state index in [0.717, 1.165) is 11.8 Å². The van der Waals surface area contributed by atoms with Gasteiger partial charge < -0.3 is 19.7 Å². The van der Waals surface area contributed by atoms with Crippen LogP contribution < -0.4 is 5.32 Å². The number of nitrogens with one attached hydrogen (secondary N) is 1. The first-order valence-corrected chi connectivity index (χ1v) is 11.1. The molecule has 0 aromatic heterocycles. The Hall–Kier alpha value is -2.33. The van der Waals surface area contributed by atoms with Gasteiger partial charge >= 0.3 is 12.2 Å². The third-order valence-electron chi connectivity index (χ3n) is 4.03. The summed E-state index contributed by atoms with van der Waals surface area (Å²) in [6.45, 7) is 5.56. The normalized spacial score (nSPS) is 20.1. The molecule has 2 amide bonds. The number of amides is 2. The maximum Gasteiger partial charge on any atom is 0.410 e. The smallest absolute Gasteiger partial charge is 0.410 e. The molecule has 1 fully saturated rings. The standard InChI is InChI=1S/C19H28N2O7S/c1-19(2,3)27-18(23)21-11-10-15(16(12-21)28-29(4,24)25)20-17(22)26-13-14-8-6-5-7-9-14/h5-9,15-16H,10-13H2,1-4H3,(H,20,22)/t15-,16-/m0/s1. The first kappa shape index (κ1) is 23.0. The second kappa shape index (κ2) is 9.45. The molecule has 162 valence electrons. The molecule has 1 aromatic carbocycles. The summed E-state index contributed by atoms with van der Waals surface area (Å²) in [6, 6.07) is 8.53. The Balaban J connectivity index is 1.98. The highest BCUT2D eigenvalue weighted by atomic mass is 32.2. The highest BCUT2D eigenvalue weighted by molar-refractivity contribution is 7.86. The van der Waals surface area contributed by atoms with E-state index in [9.17, 15) is 18.0 Å². The second-order valence-electron chi connectivity index (χ2n) is 7.87. The zero-order valence-corrected chi connectivity index (χ0v) is 17.9. The van der Waals surface area contributed by atoms with E-state index in [4.69, 9.17) is 13.7 Å². The molecule has 1 N–H and O–H groups in total. The van der Waals surface area contributed by atoms with Gasteiger partial charge in [-0.25, -0.2) is 9.59 Å². The van der Waals surface area contributed by atoms with Gasteiger partial charge in [-0.15, -0.1) is 0 Å². The first-order valence-electron chi connectivity index (χ1n) is 9.26. The highest BCUT2D eigenvalue weighted by Gasteiger charge is 2.37. The lowest BCUT2D eigenvalue weighted by molar-refractivity contribution is 0.00178. The Bertz CT molecular complexity index is 806. The van der Waals surface area contributed by atoms with Crippen molar-refractivity contribution in [2.24, 2.45) is 0 Å². The van der Waals surface area contributed by atoms with Gasteiger partial charge in [-0.05, 0) is 32.8 Å². The van der Waals surface area contributed by atoms with Gasteiger partial charge in [-0.2, -0.15) is 8.42 Å². The summed E-state index contributed by atoms with van der Waals surface area (Å²) in [7, 11) is -3.80. The van der Waals surface area contributed by atoms with Crippen LogP contribution in [-0.2, 0) is 30.4 Å². The van der Waals surface area contributed by atoms with Gasteiger partial charge in [0.15, 0.2) is 0 Å². The topological polar surface area (TPSA) is 111 Å². The third-order valence-corrected chi connectivity index (χ3v) is 4.62. The summed E-state index contributed by atoms with van der Waals surface area (Å²) in [5.41, 5.74) is 0.145. The Morgan fingerprint density at radius 3 is 2.45 bits per heavy atom. The number of ether oxygens (including phenoxy) is 2. The number of rotatable bonds is 5. The van der Waals surface area contributed by atoms with Crippen LogP contribution in [0.25, 0.3) is 0 Å². The summed E-state index contributed by atoms with van der Waals surface area (Å²) in [6.07, 6.45) is -0.990. The number of alkyl carbamates (subject to hydrolysis) is 1. The third kappa shape index (κ3) is 8.28. The number of piperidine rings is 1. The first-order chi connectivity index (χ1) is 13.4. The van der Waals surface area contributed by atoms with Crippen molar-refractivity contribution in [3.63, 3.8) is 0 Å². The zero-order valence-electron chi connectivity index (χ0n) is 17.1. The maximum atomic E-state index is 12.3. The van der Waals surface area contributed by atoms with Crippen LogP contribution in [0.4, 0.5) is 9.59 Å². The molecular weight excluding hydrogens is 400 g/mol. The molecule has 2 atom stereocenters. The Labute approximate surface area is 171 Å². The lowest BCUT2D eigenvalue weighted by Crippen LogP contribution is -2.57. The highest BCUT2D eigenvalue weighted by Crippen LogP contribution is 2.19. The van der Waals surface area contributed by atoms with Crippen LogP contribution in [0.1, 0.15) is 32.8 Å². The summed E-state index contributed by atoms with van der Waals surface area (Å²) >= 11 is 0. The molecule has 1 heterocycles. The van der Waals surface area contributed by atoms with E-state index in [2.05, 4.69) is 5.32 Å². The summed E-state index contributed by atoms with van der Waals surface area (Å²) in [5, 5.41) is 2.64. The van der Waals surface area contributed by atoms with E-state index in [0.29, 0.717) is 6.42 Å².